The lowest BCUT2D eigenvalue weighted by molar-refractivity contribution is -0.121. The average Bonchev–Trinajstić information content (AvgIpc) is 2.70. The summed E-state index contributed by atoms with van der Waals surface area (Å²) < 4.78 is 56.8. The molecule has 1 N–H and O–H groups in total. The summed E-state index contributed by atoms with van der Waals surface area (Å²) in [5, 5.41) is 2.12. The topological polar surface area (TPSA) is 66.5 Å². The van der Waals surface area contributed by atoms with Crippen LogP contribution in [0, 0.1) is 11.6 Å². The first-order valence-electron chi connectivity index (χ1n) is 10.6. The lowest BCUT2D eigenvalue weighted by Gasteiger charge is -2.32. The summed E-state index contributed by atoms with van der Waals surface area (Å²) in [6.45, 7) is 0.0290. The molecule has 1 saturated carbocycles. The van der Waals surface area contributed by atoms with Gasteiger partial charge in [0.25, 0.3) is 0 Å². The minimum Gasteiger partial charge on any atom is -0.353 e. The van der Waals surface area contributed by atoms with Gasteiger partial charge in [-0.15, -0.1) is 0 Å². The number of rotatable bonds is 6. The van der Waals surface area contributed by atoms with E-state index in [1.165, 1.54) is 4.31 Å². The molecule has 2 aliphatic rings. The molecule has 5 nitrogen and oxygen atoms in total. The third-order valence-electron chi connectivity index (χ3n) is 6.15. The second-order valence-electron chi connectivity index (χ2n) is 8.33. The van der Waals surface area contributed by atoms with E-state index >= 15 is 0 Å². The molecule has 1 aliphatic carbocycles. The van der Waals surface area contributed by atoms with Gasteiger partial charge in [-0.25, -0.2) is 17.2 Å². The minimum absolute atomic E-state index is 0.0262. The van der Waals surface area contributed by atoms with E-state index in [0.717, 1.165) is 31.4 Å². The van der Waals surface area contributed by atoms with E-state index in [2.05, 4.69) is 5.32 Å². The Morgan fingerprint density at radius 1 is 1.00 bits per heavy atom. The van der Waals surface area contributed by atoms with Gasteiger partial charge in [-0.05, 0) is 49.8 Å². The fraction of sp³-hybridized carbons (Fsp3) is 0.435. The molecule has 1 heterocycles. The summed E-state index contributed by atoms with van der Waals surface area (Å²) in [5.74, 6) is -1.74. The molecule has 1 saturated heterocycles. The summed E-state index contributed by atoms with van der Waals surface area (Å²) in [4.78, 5) is 12.0. The van der Waals surface area contributed by atoms with E-state index < -0.39 is 26.9 Å². The van der Waals surface area contributed by atoms with Crippen molar-refractivity contribution in [1.82, 2.24) is 9.62 Å². The van der Waals surface area contributed by atoms with E-state index in [1.54, 1.807) is 24.3 Å². The van der Waals surface area contributed by atoms with Crippen LogP contribution in [0.1, 0.15) is 54.0 Å². The van der Waals surface area contributed by atoms with Crippen LogP contribution >= 0.6 is 0 Å². The maximum absolute atomic E-state index is 14.7. The van der Waals surface area contributed by atoms with Crippen molar-refractivity contribution in [3.8, 4) is 0 Å². The van der Waals surface area contributed by atoms with Crippen LogP contribution in [0.15, 0.2) is 42.5 Å². The number of carbonyl (C=O) groups excluding carboxylic acids is 1. The monoisotopic (exact) mass is 448 g/mol. The van der Waals surface area contributed by atoms with Crippen LogP contribution in [-0.4, -0.2) is 31.2 Å². The number of carbonyl (C=O) groups is 1. The number of halogens is 2. The van der Waals surface area contributed by atoms with Crippen molar-refractivity contribution in [2.45, 2.75) is 56.4 Å². The number of sulfonamides is 1. The summed E-state index contributed by atoms with van der Waals surface area (Å²) >= 11 is 0. The third kappa shape index (κ3) is 4.80. The Kier molecular flexibility index (Phi) is 6.39. The molecular weight excluding hydrogens is 422 g/mol. The lowest BCUT2D eigenvalue weighted by Crippen LogP contribution is -2.40. The molecule has 31 heavy (non-hydrogen) atoms. The second kappa shape index (κ2) is 9.04. The highest BCUT2D eigenvalue weighted by Gasteiger charge is 2.37. The Labute approximate surface area is 181 Å². The van der Waals surface area contributed by atoms with Crippen molar-refractivity contribution in [2.24, 2.45) is 0 Å². The van der Waals surface area contributed by atoms with Crippen molar-refractivity contribution in [3.63, 3.8) is 0 Å². The molecule has 0 aromatic heterocycles. The van der Waals surface area contributed by atoms with Crippen LogP contribution in [0.3, 0.4) is 0 Å². The smallest absolute Gasteiger partial charge is 0.224 e. The van der Waals surface area contributed by atoms with E-state index in [0.29, 0.717) is 18.4 Å². The first-order chi connectivity index (χ1) is 14.8. The Morgan fingerprint density at radius 3 is 2.35 bits per heavy atom. The van der Waals surface area contributed by atoms with Gasteiger partial charge in [0.15, 0.2) is 0 Å². The Bertz CT molecular complexity index is 1060. The van der Waals surface area contributed by atoms with Crippen LogP contribution in [-0.2, 0) is 27.8 Å². The van der Waals surface area contributed by atoms with Crippen LogP contribution in [0.25, 0.3) is 0 Å². The summed E-state index contributed by atoms with van der Waals surface area (Å²) in [7, 11) is -3.70. The van der Waals surface area contributed by atoms with Gasteiger partial charge < -0.3 is 5.32 Å². The van der Waals surface area contributed by atoms with Crippen LogP contribution in [0.5, 0.6) is 0 Å². The summed E-state index contributed by atoms with van der Waals surface area (Å²) in [6.07, 6.45) is 3.79. The maximum Gasteiger partial charge on any atom is 0.224 e. The Hall–Kier alpha value is -2.32. The van der Waals surface area contributed by atoms with Gasteiger partial charge in [0.1, 0.15) is 16.9 Å². The maximum atomic E-state index is 14.7. The molecule has 1 unspecified atom stereocenters. The highest BCUT2D eigenvalue weighted by atomic mass is 32.2. The molecule has 166 valence electrons. The number of benzene rings is 2. The van der Waals surface area contributed by atoms with E-state index in [-0.39, 0.29) is 42.6 Å². The molecular formula is C23H26F2N2O3S. The molecule has 0 bridgehead atoms. The molecule has 1 aliphatic heterocycles. The molecule has 0 spiro atoms. The quantitative estimate of drug-likeness (QED) is 0.730. The van der Waals surface area contributed by atoms with E-state index in [9.17, 15) is 22.0 Å². The first kappa shape index (κ1) is 21.9. The van der Waals surface area contributed by atoms with Crippen molar-refractivity contribution in [3.05, 3.63) is 70.8 Å². The van der Waals surface area contributed by atoms with Crippen molar-refractivity contribution in [1.29, 1.82) is 0 Å². The van der Waals surface area contributed by atoms with Gasteiger partial charge in [-0.1, -0.05) is 30.3 Å². The third-order valence-corrected chi connectivity index (χ3v) is 8.41. The predicted octanol–water partition coefficient (Wildman–Crippen LogP) is 3.84. The van der Waals surface area contributed by atoms with Gasteiger partial charge >= 0.3 is 0 Å². The predicted molar refractivity (Wildman–Crippen MR) is 114 cm³/mol. The molecule has 2 fully saturated rings. The number of nitrogens with zero attached hydrogens (tertiary/aromatic N) is 1. The molecule has 4 rings (SSSR count). The van der Waals surface area contributed by atoms with Gasteiger partial charge in [0.2, 0.25) is 15.9 Å². The largest absolute Gasteiger partial charge is 0.353 e. The van der Waals surface area contributed by atoms with Crippen LogP contribution in [0.4, 0.5) is 8.78 Å². The van der Waals surface area contributed by atoms with Gasteiger partial charge in [-0.3, -0.25) is 4.79 Å². The van der Waals surface area contributed by atoms with Crippen molar-refractivity contribution in [2.75, 3.05) is 6.54 Å². The Morgan fingerprint density at radius 2 is 1.68 bits per heavy atom. The standard InChI is InChI=1S/C23H26F2N2O3S/c24-20-13-18(21(25)12-17(20)14-23(28)26-19-8-4-9-19)15-27-11-5-10-22(31(27,29)30)16-6-2-1-3-7-16/h1-3,6-7,12-13,19,22H,4-5,8-11,14-15H2,(H,26,28). The minimum atomic E-state index is -3.70. The number of hydrogen-bond acceptors (Lipinski definition) is 3. The molecule has 1 amide bonds. The fourth-order valence-corrected chi connectivity index (χ4v) is 6.19. The van der Waals surface area contributed by atoms with Gasteiger partial charge in [-0.2, -0.15) is 4.31 Å². The van der Waals surface area contributed by atoms with Crippen molar-refractivity contribution < 1.29 is 22.0 Å². The highest BCUT2D eigenvalue weighted by Crippen LogP contribution is 2.35. The lowest BCUT2D eigenvalue weighted by atomic mass is 9.93. The average molecular weight is 449 g/mol. The highest BCUT2D eigenvalue weighted by molar-refractivity contribution is 7.89. The summed E-state index contributed by atoms with van der Waals surface area (Å²) in [5.41, 5.74) is 0.645. The summed E-state index contributed by atoms with van der Waals surface area (Å²) in [6, 6.07) is 11.1. The van der Waals surface area contributed by atoms with Crippen LogP contribution < -0.4 is 5.32 Å². The molecule has 8 heteroatoms. The SMILES string of the molecule is O=C(Cc1cc(F)c(CN2CCCC(c3ccccc3)S2(=O)=O)cc1F)NC1CCC1. The van der Waals surface area contributed by atoms with Crippen molar-refractivity contribution >= 4 is 15.9 Å². The molecule has 0 radical (unpaired) electrons. The Balaban J connectivity index is 1.49. The second-order valence-corrected chi connectivity index (χ2v) is 10.4. The molecule has 2 aromatic carbocycles. The molecule has 1 atom stereocenters. The molecule has 2 aromatic rings. The zero-order valence-electron chi connectivity index (χ0n) is 17.2. The van der Waals surface area contributed by atoms with E-state index in [1.807, 2.05) is 6.07 Å². The number of hydrogen-bond donors (Lipinski definition) is 1. The first-order valence-corrected chi connectivity index (χ1v) is 12.1. The number of nitrogens with one attached hydrogen (secondary N) is 1. The van der Waals surface area contributed by atoms with E-state index in [4.69, 9.17) is 0 Å². The van der Waals surface area contributed by atoms with Gasteiger partial charge in [0, 0.05) is 30.3 Å². The zero-order chi connectivity index (χ0) is 22.0. The van der Waals surface area contributed by atoms with Gasteiger partial charge in [0.05, 0.1) is 6.42 Å². The zero-order valence-corrected chi connectivity index (χ0v) is 18.0. The van der Waals surface area contributed by atoms with Crippen LogP contribution in [0.2, 0.25) is 0 Å². The fourth-order valence-electron chi connectivity index (χ4n) is 4.16. The number of amides is 1. The normalized spacial score (nSPS) is 21.4.